The molecule has 2 aromatic carbocycles. The first-order valence-electron chi connectivity index (χ1n) is 5.91. The Hall–Kier alpha value is -1.87. The maximum Gasteiger partial charge on any atom is 0.141 e. The van der Waals surface area contributed by atoms with Crippen molar-refractivity contribution in [3.05, 3.63) is 52.5 Å². The Kier molecular flexibility index (Phi) is 4.17. The molecule has 0 aliphatic rings. The smallest absolute Gasteiger partial charge is 0.141 e. The van der Waals surface area contributed by atoms with Crippen LogP contribution < -0.4 is 15.2 Å². The first-order chi connectivity index (χ1) is 9.10. The highest BCUT2D eigenvalue weighted by molar-refractivity contribution is 6.32. The van der Waals surface area contributed by atoms with Crippen molar-refractivity contribution in [3.8, 4) is 11.5 Å². The van der Waals surface area contributed by atoms with Gasteiger partial charge in [-0.1, -0.05) is 23.7 Å². The minimum Gasteiger partial charge on any atom is -0.495 e. The highest BCUT2D eigenvalue weighted by atomic mass is 35.5. The van der Waals surface area contributed by atoms with E-state index in [1.165, 1.54) is 0 Å². The normalized spacial score (nSPS) is 10.3. The molecule has 0 heterocycles. The molecule has 0 bridgehead atoms. The molecule has 0 radical (unpaired) electrons. The summed E-state index contributed by atoms with van der Waals surface area (Å²) in [5.41, 5.74) is 8.51. The first-order valence-corrected chi connectivity index (χ1v) is 6.29. The first kappa shape index (κ1) is 13.6. The molecular weight excluding hydrogens is 262 g/mol. The summed E-state index contributed by atoms with van der Waals surface area (Å²) in [4.78, 5) is 0. The van der Waals surface area contributed by atoms with Crippen molar-refractivity contribution in [1.82, 2.24) is 0 Å². The maximum atomic E-state index is 6.11. The summed E-state index contributed by atoms with van der Waals surface area (Å²) in [5.74, 6) is 1.33. The lowest BCUT2D eigenvalue weighted by atomic mass is 10.2. The van der Waals surface area contributed by atoms with Gasteiger partial charge in [-0.05, 0) is 42.3 Å². The van der Waals surface area contributed by atoms with E-state index in [1.54, 1.807) is 7.11 Å². The SMILES string of the molecule is COc1ccc(COc2ccc(C)cc2Cl)cc1N. The Labute approximate surface area is 117 Å². The lowest BCUT2D eigenvalue weighted by Crippen LogP contribution is -1.99. The molecule has 0 amide bonds. The fourth-order valence-electron chi connectivity index (χ4n) is 1.76. The van der Waals surface area contributed by atoms with Gasteiger partial charge in [-0.25, -0.2) is 0 Å². The maximum absolute atomic E-state index is 6.11. The van der Waals surface area contributed by atoms with Crippen molar-refractivity contribution in [3.63, 3.8) is 0 Å². The summed E-state index contributed by atoms with van der Waals surface area (Å²) in [7, 11) is 1.59. The lowest BCUT2D eigenvalue weighted by molar-refractivity contribution is 0.306. The van der Waals surface area contributed by atoms with Crippen LogP contribution in [0, 0.1) is 6.92 Å². The number of hydrogen-bond donors (Lipinski definition) is 1. The van der Waals surface area contributed by atoms with E-state index >= 15 is 0 Å². The minimum absolute atomic E-state index is 0.414. The summed E-state index contributed by atoms with van der Waals surface area (Å²) in [6.45, 7) is 2.40. The van der Waals surface area contributed by atoms with Crippen LogP contribution in [0.5, 0.6) is 11.5 Å². The van der Waals surface area contributed by atoms with Gasteiger partial charge in [0.25, 0.3) is 0 Å². The molecule has 19 heavy (non-hydrogen) atoms. The van der Waals surface area contributed by atoms with Crippen LogP contribution in [0.25, 0.3) is 0 Å². The van der Waals surface area contributed by atoms with Crippen LogP contribution in [-0.2, 0) is 6.61 Å². The van der Waals surface area contributed by atoms with Gasteiger partial charge in [0.05, 0.1) is 17.8 Å². The zero-order chi connectivity index (χ0) is 13.8. The van der Waals surface area contributed by atoms with E-state index in [1.807, 2.05) is 43.3 Å². The Morgan fingerprint density at radius 1 is 1.11 bits per heavy atom. The average molecular weight is 278 g/mol. The predicted octanol–water partition coefficient (Wildman–Crippen LogP) is 3.82. The second-order valence-electron chi connectivity index (χ2n) is 4.30. The van der Waals surface area contributed by atoms with Crippen LogP contribution in [0.2, 0.25) is 5.02 Å². The van der Waals surface area contributed by atoms with Crippen molar-refractivity contribution in [2.75, 3.05) is 12.8 Å². The number of rotatable bonds is 4. The van der Waals surface area contributed by atoms with Gasteiger partial charge in [0.2, 0.25) is 0 Å². The summed E-state index contributed by atoms with van der Waals surface area (Å²) in [6.07, 6.45) is 0. The van der Waals surface area contributed by atoms with Gasteiger partial charge >= 0.3 is 0 Å². The highest BCUT2D eigenvalue weighted by Gasteiger charge is 2.04. The van der Waals surface area contributed by atoms with Gasteiger partial charge in [-0.15, -0.1) is 0 Å². The second-order valence-corrected chi connectivity index (χ2v) is 4.71. The molecular formula is C15H16ClNO2. The molecule has 0 saturated carbocycles. The number of ether oxygens (including phenoxy) is 2. The average Bonchev–Trinajstić information content (AvgIpc) is 2.38. The van der Waals surface area contributed by atoms with Gasteiger partial charge in [0, 0.05) is 0 Å². The molecule has 3 nitrogen and oxygen atoms in total. The van der Waals surface area contributed by atoms with Crippen molar-refractivity contribution in [1.29, 1.82) is 0 Å². The zero-order valence-electron chi connectivity index (χ0n) is 10.9. The number of nitrogen functional groups attached to an aromatic ring is 1. The van der Waals surface area contributed by atoms with E-state index in [2.05, 4.69) is 0 Å². The van der Waals surface area contributed by atoms with Crippen LogP contribution in [-0.4, -0.2) is 7.11 Å². The van der Waals surface area contributed by atoms with E-state index in [9.17, 15) is 0 Å². The zero-order valence-corrected chi connectivity index (χ0v) is 11.7. The number of hydrogen-bond acceptors (Lipinski definition) is 3. The van der Waals surface area contributed by atoms with Gasteiger partial charge in [-0.2, -0.15) is 0 Å². The van der Waals surface area contributed by atoms with E-state index in [4.69, 9.17) is 26.8 Å². The Balaban J connectivity index is 2.08. The second kappa shape index (κ2) is 5.85. The monoisotopic (exact) mass is 277 g/mol. The van der Waals surface area contributed by atoms with E-state index < -0.39 is 0 Å². The van der Waals surface area contributed by atoms with Crippen molar-refractivity contribution in [2.24, 2.45) is 0 Å². The molecule has 0 aliphatic carbocycles. The molecule has 0 spiro atoms. The summed E-state index contributed by atoms with van der Waals surface area (Å²) in [5, 5.41) is 0.612. The van der Waals surface area contributed by atoms with Gasteiger partial charge < -0.3 is 15.2 Å². The lowest BCUT2D eigenvalue weighted by Gasteiger charge is -2.10. The third kappa shape index (κ3) is 3.32. The van der Waals surface area contributed by atoms with Crippen LogP contribution in [0.4, 0.5) is 5.69 Å². The van der Waals surface area contributed by atoms with Crippen molar-refractivity contribution < 1.29 is 9.47 Å². The molecule has 0 unspecified atom stereocenters. The topological polar surface area (TPSA) is 44.5 Å². The standard InChI is InChI=1S/C15H16ClNO2/c1-10-3-5-14(12(16)7-10)19-9-11-4-6-15(18-2)13(17)8-11/h3-8H,9,17H2,1-2H3. The Bertz CT molecular complexity index is 584. The summed E-state index contributed by atoms with van der Waals surface area (Å²) in [6, 6.07) is 11.3. The molecule has 0 aliphatic heterocycles. The number of anilines is 1. The molecule has 100 valence electrons. The fourth-order valence-corrected chi connectivity index (χ4v) is 2.05. The van der Waals surface area contributed by atoms with Crippen molar-refractivity contribution in [2.45, 2.75) is 13.5 Å². The molecule has 2 N–H and O–H groups in total. The summed E-state index contributed by atoms with van der Waals surface area (Å²) >= 11 is 6.11. The molecule has 0 fully saturated rings. The number of aryl methyl sites for hydroxylation is 1. The Morgan fingerprint density at radius 3 is 2.47 bits per heavy atom. The van der Waals surface area contributed by atoms with Gasteiger partial charge in [0.15, 0.2) is 0 Å². The van der Waals surface area contributed by atoms with E-state index in [0.29, 0.717) is 28.8 Å². The number of benzene rings is 2. The molecule has 0 atom stereocenters. The van der Waals surface area contributed by atoms with Crippen LogP contribution in [0.15, 0.2) is 36.4 Å². The van der Waals surface area contributed by atoms with E-state index in [0.717, 1.165) is 11.1 Å². The van der Waals surface area contributed by atoms with Crippen LogP contribution in [0.3, 0.4) is 0 Å². The van der Waals surface area contributed by atoms with E-state index in [-0.39, 0.29) is 0 Å². The third-order valence-electron chi connectivity index (χ3n) is 2.78. The summed E-state index contributed by atoms with van der Waals surface area (Å²) < 4.78 is 10.8. The highest BCUT2D eigenvalue weighted by Crippen LogP contribution is 2.27. The molecule has 2 rings (SSSR count). The number of methoxy groups -OCH3 is 1. The fraction of sp³-hybridized carbons (Fsp3) is 0.200. The largest absolute Gasteiger partial charge is 0.495 e. The Morgan fingerprint density at radius 2 is 1.84 bits per heavy atom. The quantitative estimate of drug-likeness (QED) is 0.864. The number of nitrogens with two attached hydrogens (primary N) is 1. The van der Waals surface area contributed by atoms with Gasteiger partial charge in [0.1, 0.15) is 18.1 Å². The molecule has 2 aromatic rings. The number of halogens is 1. The third-order valence-corrected chi connectivity index (χ3v) is 3.07. The van der Waals surface area contributed by atoms with Crippen LogP contribution in [0.1, 0.15) is 11.1 Å². The van der Waals surface area contributed by atoms with Crippen molar-refractivity contribution >= 4 is 17.3 Å². The minimum atomic E-state index is 0.414. The predicted molar refractivity (Wildman–Crippen MR) is 77.9 cm³/mol. The molecule has 0 saturated heterocycles. The molecule has 4 heteroatoms. The van der Waals surface area contributed by atoms with Crippen LogP contribution >= 0.6 is 11.6 Å². The van der Waals surface area contributed by atoms with Gasteiger partial charge in [-0.3, -0.25) is 0 Å². The molecule has 0 aromatic heterocycles.